The van der Waals surface area contributed by atoms with Crippen molar-refractivity contribution in [2.24, 2.45) is 0 Å². The van der Waals surface area contributed by atoms with E-state index in [-0.39, 0.29) is 11.9 Å². The van der Waals surface area contributed by atoms with E-state index in [4.69, 9.17) is 23.2 Å². The third-order valence-electron chi connectivity index (χ3n) is 5.93. The summed E-state index contributed by atoms with van der Waals surface area (Å²) in [6, 6.07) is 14.5. The number of carbonyl (C=O) groups is 1. The number of fused-ring (bicyclic) bond motifs is 2. The van der Waals surface area contributed by atoms with Gasteiger partial charge in [-0.1, -0.05) is 60.0 Å². The smallest absolute Gasteiger partial charge is 0.227 e. The van der Waals surface area contributed by atoms with E-state index in [1.54, 1.807) is 12.1 Å². The Hall–Kier alpha value is -1.55. The molecule has 2 aliphatic heterocycles. The van der Waals surface area contributed by atoms with Gasteiger partial charge in [0.25, 0.3) is 0 Å². The maximum Gasteiger partial charge on any atom is 0.227 e. The Morgan fingerprint density at radius 2 is 1.96 bits per heavy atom. The molecule has 1 amide bonds. The molecule has 1 saturated heterocycles. The SMILES string of the molecule is CN(C(=O)Cc1ccc(Cl)c(Cl)c1)[C@H]1c2ccccc2CN2CCCC[C@H]12. The van der Waals surface area contributed by atoms with Crippen LogP contribution in [-0.2, 0) is 17.8 Å². The Kier molecular flexibility index (Phi) is 5.45. The van der Waals surface area contributed by atoms with Gasteiger partial charge in [0, 0.05) is 19.6 Å². The van der Waals surface area contributed by atoms with Gasteiger partial charge in [-0.25, -0.2) is 0 Å². The van der Waals surface area contributed by atoms with Gasteiger partial charge in [-0.05, 0) is 48.2 Å². The van der Waals surface area contributed by atoms with Crippen molar-refractivity contribution in [3.05, 3.63) is 69.2 Å². The Morgan fingerprint density at radius 3 is 2.78 bits per heavy atom. The highest BCUT2D eigenvalue weighted by Crippen LogP contribution is 2.39. The van der Waals surface area contributed by atoms with E-state index in [1.165, 1.54) is 24.0 Å². The van der Waals surface area contributed by atoms with Crippen LogP contribution in [0.5, 0.6) is 0 Å². The van der Waals surface area contributed by atoms with Gasteiger partial charge < -0.3 is 4.90 Å². The fourth-order valence-electron chi connectivity index (χ4n) is 4.53. The van der Waals surface area contributed by atoms with Gasteiger partial charge in [-0.3, -0.25) is 9.69 Å². The molecular formula is C22H24Cl2N2O. The predicted molar refractivity (Wildman–Crippen MR) is 110 cm³/mol. The molecule has 1 fully saturated rings. The fourth-order valence-corrected chi connectivity index (χ4v) is 4.85. The van der Waals surface area contributed by atoms with Crippen LogP contribution in [-0.4, -0.2) is 35.3 Å². The molecule has 0 bridgehead atoms. The van der Waals surface area contributed by atoms with Crippen LogP contribution < -0.4 is 0 Å². The van der Waals surface area contributed by atoms with Crippen molar-refractivity contribution in [2.75, 3.05) is 13.6 Å². The van der Waals surface area contributed by atoms with Gasteiger partial charge in [0.05, 0.1) is 22.5 Å². The summed E-state index contributed by atoms with van der Waals surface area (Å²) in [5, 5.41) is 1.01. The Morgan fingerprint density at radius 1 is 1.15 bits per heavy atom. The summed E-state index contributed by atoms with van der Waals surface area (Å²) in [5.74, 6) is 0.112. The third-order valence-corrected chi connectivity index (χ3v) is 6.66. The number of amides is 1. The number of halogens is 2. The van der Waals surface area contributed by atoms with E-state index in [2.05, 4.69) is 29.2 Å². The van der Waals surface area contributed by atoms with E-state index in [9.17, 15) is 4.79 Å². The first-order valence-electron chi connectivity index (χ1n) is 9.56. The lowest BCUT2D eigenvalue weighted by molar-refractivity contribution is -0.133. The molecule has 2 aromatic carbocycles. The molecule has 2 atom stereocenters. The largest absolute Gasteiger partial charge is 0.337 e. The number of piperidine rings is 1. The maximum atomic E-state index is 13.1. The van der Waals surface area contributed by atoms with Crippen LogP contribution in [0.4, 0.5) is 0 Å². The van der Waals surface area contributed by atoms with Crippen LogP contribution in [0.3, 0.4) is 0 Å². The topological polar surface area (TPSA) is 23.6 Å². The van der Waals surface area contributed by atoms with E-state index in [0.717, 1.165) is 25.1 Å². The van der Waals surface area contributed by atoms with Gasteiger partial charge in [0.2, 0.25) is 5.91 Å². The molecule has 0 unspecified atom stereocenters. The number of hydrogen-bond donors (Lipinski definition) is 0. The molecule has 4 rings (SSSR count). The average molecular weight is 403 g/mol. The Labute approximate surface area is 170 Å². The number of hydrogen-bond acceptors (Lipinski definition) is 2. The molecule has 27 heavy (non-hydrogen) atoms. The minimum absolute atomic E-state index is 0.102. The van der Waals surface area contributed by atoms with Crippen molar-refractivity contribution in [3.8, 4) is 0 Å². The molecule has 0 aliphatic carbocycles. The van der Waals surface area contributed by atoms with E-state index < -0.39 is 0 Å². The number of rotatable bonds is 3. The zero-order chi connectivity index (χ0) is 19.0. The van der Waals surface area contributed by atoms with E-state index in [0.29, 0.717) is 22.5 Å². The Bertz CT molecular complexity index is 854. The summed E-state index contributed by atoms with van der Waals surface area (Å²) < 4.78 is 0. The highest BCUT2D eigenvalue weighted by atomic mass is 35.5. The van der Waals surface area contributed by atoms with Crippen LogP contribution in [0.2, 0.25) is 10.0 Å². The lowest BCUT2D eigenvalue weighted by atomic mass is 9.83. The molecule has 0 radical (unpaired) electrons. The fraction of sp³-hybridized carbons (Fsp3) is 0.409. The first kappa shape index (κ1) is 18.8. The monoisotopic (exact) mass is 402 g/mol. The number of nitrogens with zero attached hydrogens (tertiary/aromatic N) is 2. The van der Waals surface area contributed by atoms with Crippen molar-refractivity contribution in [1.82, 2.24) is 9.80 Å². The van der Waals surface area contributed by atoms with Crippen LogP contribution >= 0.6 is 23.2 Å². The summed E-state index contributed by atoms with van der Waals surface area (Å²) in [6.07, 6.45) is 3.95. The molecule has 3 nitrogen and oxygen atoms in total. The van der Waals surface area contributed by atoms with E-state index in [1.807, 2.05) is 18.0 Å². The molecule has 0 N–H and O–H groups in total. The number of benzene rings is 2. The number of carbonyl (C=O) groups excluding carboxylic acids is 1. The van der Waals surface area contributed by atoms with Crippen molar-refractivity contribution < 1.29 is 4.79 Å². The van der Waals surface area contributed by atoms with Crippen molar-refractivity contribution in [3.63, 3.8) is 0 Å². The van der Waals surface area contributed by atoms with Crippen LogP contribution in [0.25, 0.3) is 0 Å². The van der Waals surface area contributed by atoms with Crippen molar-refractivity contribution >= 4 is 29.1 Å². The quantitative estimate of drug-likeness (QED) is 0.712. The van der Waals surface area contributed by atoms with Gasteiger partial charge in [-0.15, -0.1) is 0 Å². The molecule has 0 aromatic heterocycles. The highest BCUT2D eigenvalue weighted by molar-refractivity contribution is 6.42. The summed E-state index contributed by atoms with van der Waals surface area (Å²) in [6.45, 7) is 2.11. The molecule has 2 aliphatic rings. The van der Waals surface area contributed by atoms with Crippen LogP contribution in [0.15, 0.2) is 42.5 Å². The predicted octanol–water partition coefficient (Wildman–Crippen LogP) is 5.10. The van der Waals surface area contributed by atoms with Gasteiger partial charge in [0.1, 0.15) is 0 Å². The molecule has 5 heteroatoms. The van der Waals surface area contributed by atoms with Crippen LogP contribution in [0, 0.1) is 0 Å². The zero-order valence-electron chi connectivity index (χ0n) is 15.5. The molecule has 2 aromatic rings. The molecule has 2 heterocycles. The molecule has 0 saturated carbocycles. The minimum atomic E-state index is 0.102. The average Bonchev–Trinajstić information content (AvgIpc) is 2.68. The third kappa shape index (κ3) is 3.73. The van der Waals surface area contributed by atoms with Crippen LogP contribution in [0.1, 0.15) is 42.0 Å². The number of likely N-dealkylation sites (N-methyl/N-ethyl adjacent to an activating group) is 1. The summed E-state index contributed by atoms with van der Waals surface area (Å²) in [7, 11) is 1.94. The summed E-state index contributed by atoms with van der Waals surface area (Å²) in [5.41, 5.74) is 3.53. The lowest BCUT2D eigenvalue weighted by Gasteiger charge is -2.48. The van der Waals surface area contributed by atoms with Gasteiger partial charge in [0.15, 0.2) is 0 Å². The summed E-state index contributed by atoms with van der Waals surface area (Å²) in [4.78, 5) is 17.6. The molecule has 0 spiro atoms. The Balaban J connectivity index is 1.61. The van der Waals surface area contributed by atoms with Gasteiger partial charge >= 0.3 is 0 Å². The first-order chi connectivity index (χ1) is 13.0. The minimum Gasteiger partial charge on any atom is -0.337 e. The van der Waals surface area contributed by atoms with E-state index >= 15 is 0 Å². The molecule has 142 valence electrons. The summed E-state index contributed by atoms with van der Waals surface area (Å²) >= 11 is 12.1. The normalized spacial score (nSPS) is 22.0. The highest BCUT2D eigenvalue weighted by Gasteiger charge is 2.39. The second-order valence-electron chi connectivity index (χ2n) is 7.61. The second-order valence-corrected chi connectivity index (χ2v) is 8.42. The van der Waals surface area contributed by atoms with Gasteiger partial charge in [-0.2, -0.15) is 0 Å². The maximum absolute atomic E-state index is 13.1. The lowest BCUT2D eigenvalue weighted by Crippen LogP contribution is -2.52. The molecular weight excluding hydrogens is 379 g/mol. The standard InChI is InChI=1S/C22H24Cl2N2O/c1-25(21(27)13-15-9-10-18(23)19(24)12-15)22-17-7-3-2-6-16(17)14-26-11-5-4-8-20(22)26/h2-3,6-7,9-10,12,20,22H,4-5,8,11,13-14H2,1H3/t20-,22+/m1/s1. The zero-order valence-corrected chi connectivity index (χ0v) is 17.0. The first-order valence-corrected chi connectivity index (χ1v) is 10.3. The van der Waals surface area contributed by atoms with Crippen molar-refractivity contribution in [1.29, 1.82) is 0 Å². The second kappa shape index (κ2) is 7.83. The van der Waals surface area contributed by atoms with Crippen molar-refractivity contribution in [2.45, 2.75) is 44.3 Å².